The average molecular weight is 284 g/mol. The predicted octanol–water partition coefficient (Wildman–Crippen LogP) is 0.378. The normalized spacial score (nSPS) is 18.9. The molecule has 6 nitrogen and oxygen atoms in total. The minimum Gasteiger partial charge on any atom is -0.397 e. The Labute approximate surface area is 114 Å². The molecule has 19 heavy (non-hydrogen) atoms. The maximum atomic E-state index is 12.4. The maximum absolute atomic E-state index is 12.4. The van der Waals surface area contributed by atoms with E-state index in [2.05, 4.69) is 9.88 Å². The minimum absolute atomic E-state index is 0.0422. The number of nitrogens with zero attached hydrogens (tertiary/aromatic N) is 3. The van der Waals surface area contributed by atoms with E-state index in [0.717, 1.165) is 25.9 Å². The summed E-state index contributed by atoms with van der Waals surface area (Å²) in [4.78, 5) is 6.12. The van der Waals surface area contributed by atoms with Crippen LogP contribution in [0.1, 0.15) is 12.8 Å². The number of nitrogen functional groups attached to an aromatic ring is 1. The number of piperidine rings is 1. The van der Waals surface area contributed by atoms with Crippen molar-refractivity contribution in [1.29, 1.82) is 0 Å². The molecule has 1 fully saturated rings. The summed E-state index contributed by atoms with van der Waals surface area (Å²) >= 11 is 0. The van der Waals surface area contributed by atoms with Crippen LogP contribution in [-0.4, -0.2) is 55.8 Å². The third-order valence-electron chi connectivity index (χ3n) is 3.60. The Morgan fingerprint density at radius 3 is 2.53 bits per heavy atom. The van der Waals surface area contributed by atoms with Crippen molar-refractivity contribution in [3.8, 4) is 0 Å². The van der Waals surface area contributed by atoms with Crippen molar-refractivity contribution in [2.45, 2.75) is 23.9 Å². The third-order valence-corrected chi connectivity index (χ3v) is 5.43. The number of hydrogen-bond donors (Lipinski definition) is 1. The molecule has 7 heteroatoms. The number of sulfonamides is 1. The Balaban J connectivity index is 2.17. The van der Waals surface area contributed by atoms with Gasteiger partial charge >= 0.3 is 0 Å². The molecule has 0 aliphatic carbocycles. The molecule has 0 atom stereocenters. The Morgan fingerprint density at radius 1 is 1.37 bits per heavy atom. The van der Waals surface area contributed by atoms with E-state index in [0.29, 0.717) is 5.69 Å². The van der Waals surface area contributed by atoms with Gasteiger partial charge in [-0.25, -0.2) is 13.4 Å². The van der Waals surface area contributed by atoms with Gasteiger partial charge in [-0.05, 0) is 45.1 Å². The van der Waals surface area contributed by atoms with Crippen LogP contribution >= 0.6 is 0 Å². The standard InChI is InChI=1S/C12H20N4O2S/c1-15-7-5-11(6-8-15)16(2)19(17,18)12-4-3-10(13)9-14-12/h3-4,9,11H,5-8,13H2,1-2H3. The van der Waals surface area contributed by atoms with Crippen molar-refractivity contribution in [3.05, 3.63) is 18.3 Å². The van der Waals surface area contributed by atoms with Gasteiger partial charge in [0.2, 0.25) is 0 Å². The van der Waals surface area contributed by atoms with Crippen molar-refractivity contribution < 1.29 is 8.42 Å². The van der Waals surface area contributed by atoms with Crippen molar-refractivity contribution in [2.75, 3.05) is 32.9 Å². The lowest BCUT2D eigenvalue weighted by Gasteiger charge is -2.34. The highest BCUT2D eigenvalue weighted by atomic mass is 32.2. The van der Waals surface area contributed by atoms with Gasteiger partial charge in [0.15, 0.2) is 5.03 Å². The Kier molecular flexibility index (Phi) is 4.07. The molecule has 0 unspecified atom stereocenters. The van der Waals surface area contributed by atoms with Gasteiger partial charge in [-0.2, -0.15) is 4.31 Å². The molecular formula is C12H20N4O2S. The fraction of sp³-hybridized carbons (Fsp3) is 0.583. The molecular weight excluding hydrogens is 264 g/mol. The predicted molar refractivity (Wildman–Crippen MR) is 74.1 cm³/mol. The lowest BCUT2D eigenvalue weighted by molar-refractivity contribution is 0.197. The van der Waals surface area contributed by atoms with Crippen LogP contribution in [0.25, 0.3) is 0 Å². The molecule has 2 N–H and O–H groups in total. The molecule has 0 radical (unpaired) electrons. The molecule has 2 rings (SSSR count). The van der Waals surface area contributed by atoms with Crippen LogP contribution in [0.5, 0.6) is 0 Å². The van der Waals surface area contributed by atoms with Gasteiger partial charge in [0, 0.05) is 13.1 Å². The van der Waals surface area contributed by atoms with E-state index >= 15 is 0 Å². The lowest BCUT2D eigenvalue weighted by Crippen LogP contribution is -2.44. The summed E-state index contributed by atoms with van der Waals surface area (Å²) in [6.07, 6.45) is 3.07. The molecule has 2 heterocycles. The van der Waals surface area contributed by atoms with Gasteiger partial charge < -0.3 is 10.6 Å². The SMILES string of the molecule is CN1CCC(N(C)S(=O)(=O)c2ccc(N)cn2)CC1. The van der Waals surface area contributed by atoms with E-state index in [1.807, 2.05) is 7.05 Å². The highest BCUT2D eigenvalue weighted by Gasteiger charge is 2.30. The van der Waals surface area contributed by atoms with E-state index in [1.165, 1.54) is 16.6 Å². The minimum atomic E-state index is -3.52. The van der Waals surface area contributed by atoms with Crippen molar-refractivity contribution in [1.82, 2.24) is 14.2 Å². The first-order valence-corrected chi connectivity index (χ1v) is 7.73. The van der Waals surface area contributed by atoms with Gasteiger partial charge in [-0.15, -0.1) is 0 Å². The third kappa shape index (κ3) is 3.05. The summed E-state index contributed by atoms with van der Waals surface area (Å²) in [6.45, 7) is 1.83. The first-order valence-electron chi connectivity index (χ1n) is 6.29. The summed E-state index contributed by atoms with van der Waals surface area (Å²) in [5.41, 5.74) is 5.99. The topological polar surface area (TPSA) is 79.5 Å². The van der Waals surface area contributed by atoms with E-state index in [4.69, 9.17) is 5.73 Å². The van der Waals surface area contributed by atoms with E-state index in [1.54, 1.807) is 13.1 Å². The van der Waals surface area contributed by atoms with Crippen LogP contribution < -0.4 is 5.73 Å². The second-order valence-electron chi connectivity index (χ2n) is 4.99. The number of hydrogen-bond acceptors (Lipinski definition) is 5. The maximum Gasteiger partial charge on any atom is 0.260 e. The highest BCUT2D eigenvalue weighted by Crippen LogP contribution is 2.21. The van der Waals surface area contributed by atoms with Gasteiger partial charge in [0.05, 0.1) is 11.9 Å². The first-order chi connectivity index (χ1) is 8.91. The first kappa shape index (κ1) is 14.2. The number of pyridine rings is 1. The smallest absolute Gasteiger partial charge is 0.260 e. The zero-order valence-corrected chi connectivity index (χ0v) is 12.1. The quantitative estimate of drug-likeness (QED) is 0.868. The van der Waals surface area contributed by atoms with E-state index < -0.39 is 10.0 Å². The molecule has 0 bridgehead atoms. The van der Waals surface area contributed by atoms with E-state index in [-0.39, 0.29) is 11.1 Å². The largest absolute Gasteiger partial charge is 0.397 e. The fourth-order valence-corrected chi connectivity index (χ4v) is 3.57. The van der Waals surface area contributed by atoms with Crippen LogP contribution in [0, 0.1) is 0 Å². The molecule has 0 saturated carbocycles. The number of aromatic nitrogens is 1. The molecule has 1 aliphatic heterocycles. The molecule has 1 saturated heterocycles. The summed E-state index contributed by atoms with van der Waals surface area (Å²) in [5, 5.41) is 0.0585. The van der Waals surface area contributed by atoms with Crippen molar-refractivity contribution >= 4 is 15.7 Å². The molecule has 1 aliphatic rings. The Bertz CT molecular complexity index is 521. The summed E-state index contributed by atoms with van der Waals surface area (Å²) in [7, 11) is 0.151. The molecule has 106 valence electrons. The van der Waals surface area contributed by atoms with Crippen LogP contribution in [0.15, 0.2) is 23.4 Å². The zero-order chi connectivity index (χ0) is 14.0. The number of likely N-dealkylation sites (tertiary alicyclic amines) is 1. The highest BCUT2D eigenvalue weighted by molar-refractivity contribution is 7.89. The van der Waals surface area contributed by atoms with E-state index in [9.17, 15) is 8.42 Å². The summed E-state index contributed by atoms with van der Waals surface area (Å²) < 4.78 is 26.3. The van der Waals surface area contributed by atoms with Gasteiger partial charge in [0.25, 0.3) is 10.0 Å². The van der Waals surface area contributed by atoms with Gasteiger partial charge in [-0.3, -0.25) is 0 Å². The van der Waals surface area contributed by atoms with Crippen molar-refractivity contribution in [2.24, 2.45) is 0 Å². The van der Waals surface area contributed by atoms with Gasteiger partial charge in [-0.1, -0.05) is 0 Å². The van der Waals surface area contributed by atoms with Crippen LogP contribution in [-0.2, 0) is 10.0 Å². The Hall–Kier alpha value is -1.18. The monoisotopic (exact) mass is 284 g/mol. The van der Waals surface area contributed by atoms with Crippen LogP contribution in [0.3, 0.4) is 0 Å². The lowest BCUT2D eigenvalue weighted by atomic mass is 10.1. The number of anilines is 1. The Morgan fingerprint density at radius 2 is 2.00 bits per heavy atom. The molecule has 0 amide bonds. The van der Waals surface area contributed by atoms with Crippen LogP contribution in [0.2, 0.25) is 0 Å². The van der Waals surface area contributed by atoms with Crippen molar-refractivity contribution in [3.63, 3.8) is 0 Å². The molecule has 1 aromatic heterocycles. The van der Waals surface area contributed by atoms with Gasteiger partial charge in [0.1, 0.15) is 0 Å². The number of nitrogens with two attached hydrogens (primary N) is 1. The van der Waals surface area contributed by atoms with Crippen LogP contribution in [0.4, 0.5) is 5.69 Å². The molecule has 0 spiro atoms. The average Bonchev–Trinajstić information content (AvgIpc) is 2.39. The fourth-order valence-electron chi connectivity index (χ4n) is 2.25. The summed E-state index contributed by atoms with van der Waals surface area (Å²) in [6, 6.07) is 3.05. The second-order valence-corrected chi connectivity index (χ2v) is 6.93. The number of rotatable bonds is 3. The second kappa shape index (κ2) is 5.44. The zero-order valence-electron chi connectivity index (χ0n) is 11.3. The molecule has 0 aromatic carbocycles. The molecule has 1 aromatic rings. The summed E-state index contributed by atoms with van der Waals surface area (Å²) in [5.74, 6) is 0.